The van der Waals surface area contributed by atoms with E-state index in [-0.39, 0.29) is 25.2 Å². The van der Waals surface area contributed by atoms with Gasteiger partial charge in [-0.1, -0.05) is 192 Å². The summed E-state index contributed by atoms with van der Waals surface area (Å²) in [4.78, 5) is 25.2. The number of carbonyl (C=O) groups is 2. The number of ether oxygens (including phenoxy) is 3. The van der Waals surface area contributed by atoms with Crippen LogP contribution in [-0.4, -0.2) is 37.9 Å². The minimum Gasteiger partial charge on any atom is -0.462 e. The van der Waals surface area contributed by atoms with Crippen molar-refractivity contribution < 1.29 is 23.8 Å². The zero-order valence-corrected chi connectivity index (χ0v) is 36.2. The van der Waals surface area contributed by atoms with Gasteiger partial charge in [0.25, 0.3) is 0 Å². The van der Waals surface area contributed by atoms with Gasteiger partial charge in [0.15, 0.2) is 6.10 Å². The first-order valence-electron chi connectivity index (χ1n) is 23.5. The third-order valence-corrected chi connectivity index (χ3v) is 10.1. The highest BCUT2D eigenvalue weighted by atomic mass is 16.6. The summed E-state index contributed by atoms with van der Waals surface area (Å²) >= 11 is 0. The lowest BCUT2D eigenvalue weighted by atomic mass is 10.1. The van der Waals surface area contributed by atoms with E-state index in [1.165, 1.54) is 135 Å². The lowest BCUT2D eigenvalue weighted by Crippen LogP contribution is -2.30. The van der Waals surface area contributed by atoms with E-state index in [9.17, 15) is 9.59 Å². The second-order valence-corrected chi connectivity index (χ2v) is 15.7. The highest BCUT2D eigenvalue weighted by Crippen LogP contribution is 2.14. The molecule has 0 heterocycles. The first-order chi connectivity index (χ1) is 26.6. The topological polar surface area (TPSA) is 61.8 Å². The zero-order chi connectivity index (χ0) is 39.3. The van der Waals surface area contributed by atoms with E-state index in [4.69, 9.17) is 14.2 Å². The van der Waals surface area contributed by atoms with Crippen LogP contribution in [0.1, 0.15) is 239 Å². The van der Waals surface area contributed by atoms with Crippen molar-refractivity contribution in [2.45, 2.75) is 245 Å². The Morgan fingerprint density at radius 2 is 0.815 bits per heavy atom. The Kier molecular flexibility index (Phi) is 43.9. The van der Waals surface area contributed by atoms with Crippen LogP contribution in [0.15, 0.2) is 36.5 Å². The van der Waals surface area contributed by atoms with Crippen LogP contribution in [0.3, 0.4) is 0 Å². The number of hydrogen-bond donors (Lipinski definition) is 0. The van der Waals surface area contributed by atoms with Crippen LogP contribution in [-0.2, 0) is 23.8 Å². The van der Waals surface area contributed by atoms with Crippen LogP contribution in [0, 0.1) is 0 Å². The second kappa shape index (κ2) is 45.5. The van der Waals surface area contributed by atoms with Crippen LogP contribution in [0.25, 0.3) is 0 Å². The minimum absolute atomic E-state index is 0.0790. The molecule has 0 saturated heterocycles. The molecule has 0 aliphatic carbocycles. The van der Waals surface area contributed by atoms with Gasteiger partial charge in [-0.25, -0.2) is 0 Å². The van der Waals surface area contributed by atoms with Crippen molar-refractivity contribution >= 4 is 11.9 Å². The molecule has 0 saturated carbocycles. The van der Waals surface area contributed by atoms with E-state index < -0.39 is 6.10 Å². The monoisotopic (exact) mass is 759 g/mol. The second-order valence-electron chi connectivity index (χ2n) is 15.7. The number of unbranched alkanes of at least 4 members (excludes halogenated alkanes) is 26. The smallest absolute Gasteiger partial charge is 0.306 e. The predicted molar refractivity (Wildman–Crippen MR) is 233 cm³/mol. The fourth-order valence-electron chi connectivity index (χ4n) is 6.60. The summed E-state index contributed by atoms with van der Waals surface area (Å²) in [6, 6.07) is 0. The van der Waals surface area contributed by atoms with Gasteiger partial charge in [0.1, 0.15) is 6.61 Å². The van der Waals surface area contributed by atoms with Gasteiger partial charge in [-0.3, -0.25) is 9.59 Å². The molecule has 0 aromatic carbocycles. The van der Waals surface area contributed by atoms with Gasteiger partial charge in [0, 0.05) is 19.4 Å². The Bertz CT molecular complexity index is 862. The molecule has 0 aromatic heterocycles. The normalized spacial score (nSPS) is 12.4. The zero-order valence-electron chi connectivity index (χ0n) is 36.2. The molecule has 0 spiro atoms. The Balaban J connectivity index is 4.24. The van der Waals surface area contributed by atoms with Gasteiger partial charge in [0.05, 0.1) is 6.61 Å². The molecule has 316 valence electrons. The van der Waals surface area contributed by atoms with E-state index in [0.29, 0.717) is 19.4 Å². The third kappa shape index (κ3) is 42.9. The molecule has 0 amide bonds. The van der Waals surface area contributed by atoms with Crippen molar-refractivity contribution in [3.05, 3.63) is 36.5 Å². The van der Waals surface area contributed by atoms with E-state index in [2.05, 4.69) is 57.2 Å². The molecule has 1 unspecified atom stereocenters. The van der Waals surface area contributed by atoms with Crippen molar-refractivity contribution in [1.82, 2.24) is 0 Å². The summed E-state index contributed by atoms with van der Waals surface area (Å²) in [5.41, 5.74) is 0. The van der Waals surface area contributed by atoms with Crippen LogP contribution >= 0.6 is 0 Å². The maximum absolute atomic E-state index is 12.7. The molecular formula is C49H90O5. The first kappa shape index (κ1) is 52.1. The van der Waals surface area contributed by atoms with Crippen molar-refractivity contribution in [2.24, 2.45) is 0 Å². The Morgan fingerprint density at radius 1 is 0.407 bits per heavy atom. The van der Waals surface area contributed by atoms with E-state index in [0.717, 1.165) is 70.6 Å². The van der Waals surface area contributed by atoms with Crippen molar-refractivity contribution in [3.8, 4) is 0 Å². The molecule has 54 heavy (non-hydrogen) atoms. The number of carbonyl (C=O) groups excluding carboxylic acids is 2. The van der Waals surface area contributed by atoms with Crippen LogP contribution in [0.4, 0.5) is 0 Å². The summed E-state index contributed by atoms with van der Waals surface area (Å²) in [7, 11) is 0. The van der Waals surface area contributed by atoms with Gasteiger partial charge < -0.3 is 14.2 Å². The lowest BCUT2D eigenvalue weighted by Gasteiger charge is -2.18. The highest BCUT2D eigenvalue weighted by Gasteiger charge is 2.17. The van der Waals surface area contributed by atoms with Crippen LogP contribution in [0.5, 0.6) is 0 Å². The number of allylic oxidation sites excluding steroid dienone is 6. The van der Waals surface area contributed by atoms with Crippen molar-refractivity contribution in [3.63, 3.8) is 0 Å². The minimum atomic E-state index is -0.540. The van der Waals surface area contributed by atoms with Crippen molar-refractivity contribution in [2.75, 3.05) is 19.8 Å². The molecule has 0 rings (SSSR count). The van der Waals surface area contributed by atoms with E-state index in [1.54, 1.807) is 0 Å². The molecule has 0 N–H and O–H groups in total. The van der Waals surface area contributed by atoms with Gasteiger partial charge in [-0.05, 0) is 70.6 Å². The van der Waals surface area contributed by atoms with Gasteiger partial charge >= 0.3 is 11.9 Å². The Labute approximate surface area is 336 Å². The molecule has 0 aliphatic rings. The summed E-state index contributed by atoms with van der Waals surface area (Å²) in [5.74, 6) is -0.416. The first-order valence-corrected chi connectivity index (χ1v) is 23.5. The van der Waals surface area contributed by atoms with Gasteiger partial charge in [0.2, 0.25) is 0 Å². The molecule has 0 aromatic rings. The maximum Gasteiger partial charge on any atom is 0.306 e. The fraction of sp³-hybridized carbons (Fsp3) is 0.837. The molecule has 0 aliphatic heterocycles. The SMILES string of the molecule is CCC/C=C\C/C=C\CCCCCCCC(=O)OC(COCCCCCCCCCCCC)COC(=O)CCCCCCC/C=C\CCCCCCCC. The summed E-state index contributed by atoms with van der Waals surface area (Å²) in [6.07, 6.45) is 52.8. The number of rotatable bonds is 43. The number of esters is 2. The fourth-order valence-corrected chi connectivity index (χ4v) is 6.60. The third-order valence-electron chi connectivity index (χ3n) is 10.1. The standard InChI is InChI=1S/C49H90O5/c1-4-7-10-13-16-19-22-24-25-27-28-30-33-36-39-42-48(50)53-46-47(45-52-44-41-38-35-32-21-18-15-12-9-6-3)54-49(51)43-40-37-34-31-29-26-23-20-17-14-11-8-5-2/h11,14,20,23-25,47H,4-10,12-13,15-19,21-22,26-46H2,1-3H3/b14-11-,23-20-,25-24-. The van der Waals surface area contributed by atoms with Gasteiger partial charge in [-0.15, -0.1) is 0 Å². The predicted octanol–water partition coefficient (Wildman–Crippen LogP) is 15.4. The molecule has 0 radical (unpaired) electrons. The van der Waals surface area contributed by atoms with Gasteiger partial charge in [-0.2, -0.15) is 0 Å². The van der Waals surface area contributed by atoms with E-state index >= 15 is 0 Å². The molecule has 0 bridgehead atoms. The largest absolute Gasteiger partial charge is 0.462 e. The lowest BCUT2D eigenvalue weighted by molar-refractivity contribution is -0.163. The highest BCUT2D eigenvalue weighted by molar-refractivity contribution is 5.70. The van der Waals surface area contributed by atoms with Crippen molar-refractivity contribution in [1.29, 1.82) is 0 Å². The molecule has 5 heteroatoms. The number of hydrogen-bond acceptors (Lipinski definition) is 5. The summed E-state index contributed by atoms with van der Waals surface area (Å²) in [6.45, 7) is 7.75. The average molecular weight is 759 g/mol. The molecule has 0 fully saturated rings. The maximum atomic E-state index is 12.7. The molecule has 5 nitrogen and oxygen atoms in total. The Hall–Kier alpha value is -1.88. The van der Waals surface area contributed by atoms with Crippen LogP contribution < -0.4 is 0 Å². The summed E-state index contributed by atoms with van der Waals surface area (Å²) < 4.78 is 17.3. The Morgan fingerprint density at radius 3 is 1.31 bits per heavy atom. The molecule has 1 atom stereocenters. The average Bonchev–Trinajstić information content (AvgIpc) is 3.17. The van der Waals surface area contributed by atoms with E-state index in [1.807, 2.05) is 0 Å². The summed E-state index contributed by atoms with van der Waals surface area (Å²) in [5, 5.41) is 0. The quantitative estimate of drug-likeness (QED) is 0.0352. The molecular weight excluding hydrogens is 669 g/mol. The van der Waals surface area contributed by atoms with Crippen LogP contribution in [0.2, 0.25) is 0 Å².